The van der Waals surface area contributed by atoms with Gasteiger partial charge in [0.15, 0.2) is 11.5 Å². The summed E-state index contributed by atoms with van der Waals surface area (Å²) in [6.07, 6.45) is -1.41. The number of anilines is 1. The van der Waals surface area contributed by atoms with E-state index >= 15 is 0 Å². The number of hydrogen-bond donors (Lipinski definition) is 4. The van der Waals surface area contributed by atoms with Crippen LogP contribution in [0.5, 0.6) is 0 Å². The van der Waals surface area contributed by atoms with Crippen LogP contribution in [-0.4, -0.2) is 40.9 Å². The van der Waals surface area contributed by atoms with Crippen LogP contribution in [0, 0.1) is 0 Å². The summed E-state index contributed by atoms with van der Waals surface area (Å²) in [5.74, 6) is -0.952. The molecule has 2 heterocycles. The van der Waals surface area contributed by atoms with Gasteiger partial charge in [-0.15, -0.1) is 0 Å². The van der Waals surface area contributed by atoms with E-state index in [1.165, 1.54) is 12.3 Å². The van der Waals surface area contributed by atoms with Gasteiger partial charge in [0.05, 0.1) is 22.5 Å². The smallest absolute Gasteiger partial charge is 0.382 e. The van der Waals surface area contributed by atoms with Gasteiger partial charge < -0.3 is 21.7 Å². The van der Waals surface area contributed by atoms with E-state index in [-0.39, 0.29) is 35.2 Å². The van der Waals surface area contributed by atoms with Crippen molar-refractivity contribution in [1.82, 2.24) is 25.9 Å². The third-order valence-corrected chi connectivity index (χ3v) is 6.19. The Morgan fingerprint density at radius 3 is 2.70 bits per heavy atom. The maximum Gasteiger partial charge on any atom is 0.417 e. The van der Waals surface area contributed by atoms with Gasteiger partial charge in [0.2, 0.25) is 0 Å². The Bertz CT molecular complexity index is 1310. The molecule has 1 aliphatic heterocycles. The van der Waals surface area contributed by atoms with E-state index in [0.29, 0.717) is 17.8 Å². The zero-order valence-electron chi connectivity index (χ0n) is 19.5. The van der Waals surface area contributed by atoms with Crippen molar-refractivity contribution in [2.45, 2.75) is 31.6 Å². The molecule has 12 heteroatoms. The van der Waals surface area contributed by atoms with Crippen molar-refractivity contribution in [3.63, 3.8) is 0 Å². The first kappa shape index (κ1) is 26.4. The summed E-state index contributed by atoms with van der Waals surface area (Å²) >= 11 is 5.65. The molecule has 3 aromatic rings. The lowest BCUT2D eigenvalue weighted by Crippen LogP contribution is -2.46. The van der Waals surface area contributed by atoms with Crippen LogP contribution in [0.25, 0.3) is 11.3 Å². The highest BCUT2D eigenvalue weighted by Gasteiger charge is 2.33. The molecular weight excluding hydrogens is 509 g/mol. The number of amides is 2. The lowest BCUT2D eigenvalue weighted by atomic mass is 10.1. The summed E-state index contributed by atoms with van der Waals surface area (Å²) in [6.45, 7) is 1.43. The summed E-state index contributed by atoms with van der Waals surface area (Å²) in [7, 11) is 0. The van der Waals surface area contributed by atoms with Crippen LogP contribution in [-0.2, 0) is 12.7 Å². The Labute approximate surface area is 215 Å². The normalized spacial score (nSPS) is 15.7. The van der Waals surface area contributed by atoms with E-state index in [1.54, 1.807) is 24.3 Å². The second-order valence-corrected chi connectivity index (χ2v) is 8.99. The van der Waals surface area contributed by atoms with Crippen molar-refractivity contribution in [3.05, 3.63) is 76.1 Å². The summed E-state index contributed by atoms with van der Waals surface area (Å²) in [5.41, 5.74) is 6.26. The number of nitrogens with one attached hydrogen (secondary N) is 3. The molecular formula is C25H24ClF3N6O2. The number of nitrogens with zero attached hydrogens (tertiary/aromatic N) is 2. The molecule has 5 N–H and O–H groups in total. The van der Waals surface area contributed by atoms with Crippen LogP contribution < -0.4 is 21.7 Å². The fourth-order valence-electron chi connectivity index (χ4n) is 3.94. The molecule has 1 unspecified atom stereocenters. The number of aromatic nitrogens is 2. The third-order valence-electron chi connectivity index (χ3n) is 5.86. The predicted molar refractivity (Wildman–Crippen MR) is 133 cm³/mol. The minimum Gasteiger partial charge on any atom is -0.382 e. The highest BCUT2D eigenvalue weighted by molar-refractivity contribution is 6.31. The number of alkyl halides is 3. The molecule has 1 atom stereocenters. The Balaban J connectivity index is 1.48. The van der Waals surface area contributed by atoms with Crippen molar-refractivity contribution in [2.75, 3.05) is 18.8 Å². The van der Waals surface area contributed by atoms with Gasteiger partial charge in [-0.25, -0.2) is 9.97 Å². The van der Waals surface area contributed by atoms with Crippen molar-refractivity contribution >= 4 is 29.2 Å². The van der Waals surface area contributed by atoms with Gasteiger partial charge in [0.1, 0.15) is 0 Å². The quantitative estimate of drug-likeness (QED) is 0.383. The standard InChI is InChI=1S/C25H24ClF3N6O2/c26-19-7-6-14(9-18(19)25(27,28)29)11-33-23(36)16-4-1-3-15(10-16)20-13-32-22(30)21(35-20)24(37)34-17-5-2-8-31-12-17/h1,3-4,6-7,9-10,13,17,31H,2,5,8,11-12H2,(H2,30,32)(H,33,36)(H,34,37). The summed E-state index contributed by atoms with van der Waals surface area (Å²) in [4.78, 5) is 33.9. The zero-order chi connectivity index (χ0) is 26.6. The third kappa shape index (κ3) is 6.55. The molecule has 1 fully saturated rings. The number of carbonyl (C=O) groups is 2. The minimum atomic E-state index is -4.60. The molecule has 1 aliphatic rings. The van der Waals surface area contributed by atoms with E-state index in [4.69, 9.17) is 17.3 Å². The number of carbonyl (C=O) groups excluding carboxylic acids is 2. The van der Waals surface area contributed by atoms with Crippen molar-refractivity contribution in [1.29, 1.82) is 0 Å². The number of benzene rings is 2. The Morgan fingerprint density at radius 1 is 1.16 bits per heavy atom. The average Bonchev–Trinajstić information content (AvgIpc) is 2.88. The van der Waals surface area contributed by atoms with Gasteiger partial charge in [-0.2, -0.15) is 13.2 Å². The monoisotopic (exact) mass is 532 g/mol. The number of hydrogen-bond acceptors (Lipinski definition) is 6. The molecule has 194 valence electrons. The number of rotatable bonds is 6. The van der Waals surface area contributed by atoms with Gasteiger partial charge in [-0.3, -0.25) is 9.59 Å². The molecule has 8 nitrogen and oxygen atoms in total. The second kappa shape index (κ2) is 11.1. The molecule has 4 rings (SSSR count). The van der Waals surface area contributed by atoms with Crippen LogP contribution in [0.3, 0.4) is 0 Å². The SMILES string of the molecule is Nc1ncc(-c2cccc(C(=O)NCc3ccc(Cl)c(C(F)(F)F)c3)c2)nc1C(=O)NC1CCCNC1. The minimum absolute atomic E-state index is 0.0128. The van der Waals surface area contributed by atoms with Gasteiger partial charge >= 0.3 is 6.18 Å². The molecule has 37 heavy (non-hydrogen) atoms. The van der Waals surface area contributed by atoms with E-state index in [1.807, 2.05) is 0 Å². The summed E-state index contributed by atoms with van der Waals surface area (Å²) < 4.78 is 39.3. The number of halogens is 4. The second-order valence-electron chi connectivity index (χ2n) is 8.58. The lowest BCUT2D eigenvalue weighted by Gasteiger charge is -2.23. The first-order chi connectivity index (χ1) is 17.6. The van der Waals surface area contributed by atoms with Gasteiger partial charge in [0, 0.05) is 30.3 Å². The molecule has 0 bridgehead atoms. The topological polar surface area (TPSA) is 122 Å². The lowest BCUT2D eigenvalue weighted by molar-refractivity contribution is -0.137. The maximum atomic E-state index is 13.1. The molecule has 0 aliphatic carbocycles. The Morgan fingerprint density at radius 2 is 1.97 bits per heavy atom. The zero-order valence-corrected chi connectivity index (χ0v) is 20.3. The maximum absolute atomic E-state index is 13.1. The van der Waals surface area contributed by atoms with E-state index in [0.717, 1.165) is 31.5 Å². The van der Waals surface area contributed by atoms with Gasteiger partial charge in [-0.1, -0.05) is 29.8 Å². The number of nitrogen functional groups attached to an aromatic ring is 1. The van der Waals surface area contributed by atoms with Crippen molar-refractivity contribution < 1.29 is 22.8 Å². The molecule has 0 spiro atoms. The highest BCUT2D eigenvalue weighted by Crippen LogP contribution is 2.35. The first-order valence-electron chi connectivity index (χ1n) is 11.5. The molecule has 1 saturated heterocycles. The van der Waals surface area contributed by atoms with E-state index < -0.39 is 28.6 Å². The van der Waals surface area contributed by atoms with Crippen LogP contribution >= 0.6 is 11.6 Å². The Hall–Kier alpha value is -3.70. The van der Waals surface area contributed by atoms with Crippen LogP contribution in [0.2, 0.25) is 5.02 Å². The highest BCUT2D eigenvalue weighted by atomic mass is 35.5. The Kier molecular flexibility index (Phi) is 7.94. The summed E-state index contributed by atoms with van der Waals surface area (Å²) in [5, 5.41) is 8.31. The predicted octanol–water partition coefficient (Wildman–Crippen LogP) is 3.81. The fourth-order valence-corrected chi connectivity index (χ4v) is 4.16. The molecule has 2 aromatic carbocycles. The van der Waals surface area contributed by atoms with E-state index in [2.05, 4.69) is 25.9 Å². The van der Waals surface area contributed by atoms with Crippen LogP contribution in [0.15, 0.2) is 48.7 Å². The average molecular weight is 533 g/mol. The molecule has 1 aromatic heterocycles. The van der Waals surface area contributed by atoms with Gasteiger partial charge in [-0.05, 0) is 49.2 Å². The number of nitrogens with two attached hydrogens (primary N) is 1. The molecule has 0 saturated carbocycles. The van der Waals surface area contributed by atoms with Crippen molar-refractivity contribution in [2.24, 2.45) is 0 Å². The van der Waals surface area contributed by atoms with E-state index in [9.17, 15) is 22.8 Å². The van der Waals surface area contributed by atoms with Crippen LogP contribution in [0.1, 0.15) is 44.8 Å². The van der Waals surface area contributed by atoms with Crippen LogP contribution in [0.4, 0.5) is 19.0 Å². The van der Waals surface area contributed by atoms with Crippen molar-refractivity contribution in [3.8, 4) is 11.3 Å². The van der Waals surface area contributed by atoms with Gasteiger partial charge in [0.25, 0.3) is 11.8 Å². The first-order valence-corrected chi connectivity index (χ1v) is 11.9. The largest absolute Gasteiger partial charge is 0.417 e. The fraction of sp³-hybridized carbons (Fsp3) is 0.280. The summed E-state index contributed by atoms with van der Waals surface area (Å²) in [6, 6.07) is 9.84. The molecule has 0 radical (unpaired) electrons. The molecule has 2 amide bonds. The number of piperidine rings is 1.